The van der Waals surface area contributed by atoms with Gasteiger partial charge in [-0.1, -0.05) is 44.2 Å². The van der Waals surface area contributed by atoms with Gasteiger partial charge in [-0.25, -0.2) is 0 Å². The summed E-state index contributed by atoms with van der Waals surface area (Å²) in [4.78, 5) is 2.52. The van der Waals surface area contributed by atoms with Crippen molar-refractivity contribution in [3.63, 3.8) is 0 Å². The van der Waals surface area contributed by atoms with Crippen molar-refractivity contribution < 1.29 is 4.74 Å². The van der Waals surface area contributed by atoms with Crippen LogP contribution in [0.25, 0.3) is 0 Å². The molecule has 3 heteroatoms. The lowest BCUT2D eigenvalue weighted by Gasteiger charge is -2.35. The molecule has 1 heterocycles. The summed E-state index contributed by atoms with van der Waals surface area (Å²) in [5.74, 6) is 0. The Labute approximate surface area is 110 Å². The molecule has 100 valence electrons. The molecule has 0 bridgehead atoms. The Bertz CT molecular complexity index is 334. The Hall–Kier alpha value is -0.900. The molecular formula is C15H24N2O. The number of benzene rings is 1. The first-order valence-electron chi connectivity index (χ1n) is 6.87. The monoisotopic (exact) mass is 248 g/mol. The van der Waals surface area contributed by atoms with Gasteiger partial charge < -0.3 is 10.1 Å². The van der Waals surface area contributed by atoms with Crippen molar-refractivity contribution in [3.8, 4) is 0 Å². The molecule has 0 radical (unpaired) electrons. The average Bonchev–Trinajstić information content (AvgIpc) is 2.41. The highest BCUT2D eigenvalue weighted by Crippen LogP contribution is 2.21. The summed E-state index contributed by atoms with van der Waals surface area (Å²) in [6.45, 7) is 9.15. The van der Waals surface area contributed by atoms with E-state index < -0.39 is 0 Å². The van der Waals surface area contributed by atoms with Crippen LogP contribution in [0.4, 0.5) is 0 Å². The lowest BCUT2D eigenvalue weighted by atomic mass is 10.0. The zero-order valence-electron chi connectivity index (χ0n) is 11.4. The summed E-state index contributed by atoms with van der Waals surface area (Å²) in [5, 5.41) is 3.56. The van der Waals surface area contributed by atoms with E-state index in [1.54, 1.807) is 0 Å². The molecule has 0 aromatic heterocycles. The lowest BCUT2D eigenvalue weighted by Crippen LogP contribution is -2.43. The van der Waals surface area contributed by atoms with E-state index in [-0.39, 0.29) is 0 Å². The van der Waals surface area contributed by atoms with Crippen LogP contribution in [0.15, 0.2) is 30.3 Å². The standard InChI is InChI=1S/C15H24N2O/c1-13(2)16-12-15(14-6-4-3-5-7-14)17-8-10-18-11-9-17/h3-7,13,15-16H,8-12H2,1-2H3. The predicted octanol–water partition coefficient (Wildman–Crippen LogP) is 2.06. The number of ether oxygens (including phenoxy) is 1. The molecule has 0 amide bonds. The van der Waals surface area contributed by atoms with Crippen molar-refractivity contribution in [2.24, 2.45) is 0 Å². The van der Waals surface area contributed by atoms with Gasteiger partial charge in [-0.05, 0) is 5.56 Å². The van der Waals surface area contributed by atoms with E-state index in [9.17, 15) is 0 Å². The van der Waals surface area contributed by atoms with Gasteiger partial charge in [-0.3, -0.25) is 4.90 Å². The van der Waals surface area contributed by atoms with Gasteiger partial charge in [0.15, 0.2) is 0 Å². The van der Waals surface area contributed by atoms with Gasteiger partial charge in [0.1, 0.15) is 0 Å². The van der Waals surface area contributed by atoms with Gasteiger partial charge in [-0.15, -0.1) is 0 Å². The van der Waals surface area contributed by atoms with Crippen LogP contribution in [0.1, 0.15) is 25.5 Å². The minimum absolute atomic E-state index is 0.456. The van der Waals surface area contributed by atoms with Crippen molar-refractivity contribution in [2.45, 2.75) is 25.9 Å². The Morgan fingerprint density at radius 2 is 1.83 bits per heavy atom. The van der Waals surface area contributed by atoms with Crippen LogP contribution in [0.3, 0.4) is 0 Å². The Morgan fingerprint density at radius 3 is 2.44 bits per heavy atom. The first-order valence-corrected chi connectivity index (χ1v) is 6.87. The maximum absolute atomic E-state index is 5.45. The third-order valence-corrected chi connectivity index (χ3v) is 3.39. The molecule has 1 aromatic rings. The van der Waals surface area contributed by atoms with E-state index in [0.717, 1.165) is 32.8 Å². The van der Waals surface area contributed by atoms with Crippen molar-refractivity contribution >= 4 is 0 Å². The fraction of sp³-hybridized carbons (Fsp3) is 0.600. The summed E-state index contributed by atoms with van der Waals surface area (Å²) in [7, 11) is 0. The summed E-state index contributed by atoms with van der Waals surface area (Å²) in [6, 6.07) is 11.8. The van der Waals surface area contributed by atoms with E-state index in [0.29, 0.717) is 12.1 Å². The topological polar surface area (TPSA) is 24.5 Å². The van der Waals surface area contributed by atoms with Gasteiger partial charge in [-0.2, -0.15) is 0 Å². The smallest absolute Gasteiger partial charge is 0.0594 e. The van der Waals surface area contributed by atoms with Crippen molar-refractivity contribution in [1.82, 2.24) is 10.2 Å². The minimum Gasteiger partial charge on any atom is -0.379 e. The van der Waals surface area contributed by atoms with E-state index in [2.05, 4.69) is 54.4 Å². The second-order valence-corrected chi connectivity index (χ2v) is 5.14. The molecule has 1 aliphatic heterocycles. The number of nitrogens with zero attached hydrogens (tertiary/aromatic N) is 1. The van der Waals surface area contributed by atoms with Gasteiger partial charge in [0.25, 0.3) is 0 Å². The number of hydrogen-bond donors (Lipinski definition) is 1. The van der Waals surface area contributed by atoms with Crippen LogP contribution < -0.4 is 5.32 Å². The van der Waals surface area contributed by atoms with Crippen LogP contribution in [0.5, 0.6) is 0 Å². The SMILES string of the molecule is CC(C)NCC(c1ccccc1)N1CCOCC1. The molecule has 1 unspecified atom stereocenters. The highest BCUT2D eigenvalue weighted by atomic mass is 16.5. The largest absolute Gasteiger partial charge is 0.379 e. The first kappa shape index (κ1) is 13.5. The summed E-state index contributed by atoms with van der Waals surface area (Å²) < 4.78 is 5.45. The number of morpholine rings is 1. The molecule has 1 atom stereocenters. The van der Waals surface area contributed by atoms with Gasteiger partial charge >= 0.3 is 0 Å². The molecule has 0 aliphatic carbocycles. The van der Waals surface area contributed by atoms with Crippen molar-refractivity contribution in [3.05, 3.63) is 35.9 Å². The zero-order chi connectivity index (χ0) is 12.8. The quantitative estimate of drug-likeness (QED) is 0.863. The van der Waals surface area contributed by atoms with Crippen LogP contribution in [-0.4, -0.2) is 43.8 Å². The maximum atomic E-state index is 5.45. The molecule has 1 fully saturated rings. The van der Waals surface area contributed by atoms with E-state index in [4.69, 9.17) is 4.74 Å². The fourth-order valence-electron chi connectivity index (χ4n) is 2.37. The van der Waals surface area contributed by atoms with Gasteiger partial charge in [0.2, 0.25) is 0 Å². The fourth-order valence-corrected chi connectivity index (χ4v) is 2.37. The van der Waals surface area contributed by atoms with Crippen molar-refractivity contribution in [2.75, 3.05) is 32.8 Å². The van der Waals surface area contributed by atoms with Crippen LogP contribution in [0.2, 0.25) is 0 Å². The third-order valence-electron chi connectivity index (χ3n) is 3.39. The Morgan fingerprint density at radius 1 is 1.17 bits per heavy atom. The molecule has 0 spiro atoms. The second kappa shape index (κ2) is 6.88. The molecular weight excluding hydrogens is 224 g/mol. The van der Waals surface area contributed by atoms with E-state index in [1.807, 2.05) is 0 Å². The molecule has 18 heavy (non-hydrogen) atoms. The lowest BCUT2D eigenvalue weighted by molar-refractivity contribution is 0.0158. The molecule has 0 saturated carbocycles. The number of nitrogens with one attached hydrogen (secondary N) is 1. The maximum Gasteiger partial charge on any atom is 0.0594 e. The normalized spacial score (nSPS) is 19.1. The predicted molar refractivity (Wildman–Crippen MR) is 74.7 cm³/mol. The zero-order valence-corrected chi connectivity index (χ0v) is 11.4. The Kier molecular flexibility index (Phi) is 5.17. The molecule has 3 nitrogen and oxygen atoms in total. The van der Waals surface area contributed by atoms with Gasteiger partial charge in [0.05, 0.1) is 13.2 Å². The first-order chi connectivity index (χ1) is 8.77. The number of rotatable bonds is 5. The molecule has 1 saturated heterocycles. The third kappa shape index (κ3) is 3.80. The summed E-state index contributed by atoms with van der Waals surface area (Å²) in [5.41, 5.74) is 1.40. The summed E-state index contributed by atoms with van der Waals surface area (Å²) >= 11 is 0. The summed E-state index contributed by atoms with van der Waals surface area (Å²) in [6.07, 6.45) is 0. The van der Waals surface area contributed by atoms with E-state index >= 15 is 0 Å². The molecule has 1 aromatic carbocycles. The minimum atomic E-state index is 0.456. The highest BCUT2D eigenvalue weighted by molar-refractivity contribution is 5.19. The highest BCUT2D eigenvalue weighted by Gasteiger charge is 2.22. The van der Waals surface area contributed by atoms with Gasteiger partial charge in [0, 0.05) is 31.7 Å². The van der Waals surface area contributed by atoms with Crippen molar-refractivity contribution in [1.29, 1.82) is 0 Å². The van der Waals surface area contributed by atoms with Crippen LogP contribution in [-0.2, 0) is 4.74 Å². The van der Waals surface area contributed by atoms with Crippen LogP contribution in [0, 0.1) is 0 Å². The van der Waals surface area contributed by atoms with Crippen LogP contribution >= 0.6 is 0 Å². The average molecular weight is 248 g/mol. The second-order valence-electron chi connectivity index (χ2n) is 5.14. The number of hydrogen-bond acceptors (Lipinski definition) is 3. The molecule has 2 rings (SSSR count). The van der Waals surface area contributed by atoms with E-state index in [1.165, 1.54) is 5.56 Å². The Balaban J connectivity index is 2.06. The molecule has 1 N–H and O–H groups in total. The molecule has 1 aliphatic rings.